The van der Waals surface area contributed by atoms with Crippen molar-refractivity contribution in [3.8, 4) is 22.3 Å². The van der Waals surface area contributed by atoms with Crippen LogP contribution in [0.3, 0.4) is 0 Å². The van der Waals surface area contributed by atoms with E-state index in [9.17, 15) is 0 Å². The van der Waals surface area contributed by atoms with Gasteiger partial charge >= 0.3 is 0 Å². The van der Waals surface area contributed by atoms with Gasteiger partial charge < -0.3 is 10.6 Å². The van der Waals surface area contributed by atoms with Crippen LogP contribution >= 0.6 is 0 Å². The average Bonchev–Trinajstić information content (AvgIpc) is 3.35. The predicted octanol–water partition coefficient (Wildman–Crippen LogP) is 9.14. The standard InChI is InChI=1S/C40H42N4/c1-37(2)38(3,4)42-35(41-37)27-21-17-25(18-22-27)33-29-13-9-11-15-31(29)34(32-16-12-10-14-30(32)33)26-19-23-28(24-20-26)36-43-39(5,6)40(7,8)44-36/h9-24H,1-8H3,(H,41,42)(H,43,44). The molecule has 5 aromatic carbocycles. The smallest absolute Gasteiger partial charge is 0.129 e. The molecule has 0 bridgehead atoms. The highest BCUT2D eigenvalue weighted by Crippen LogP contribution is 2.44. The molecular formula is C40H42N4. The highest BCUT2D eigenvalue weighted by atomic mass is 15.2. The number of hydrogen-bond donors (Lipinski definition) is 2. The van der Waals surface area contributed by atoms with Crippen LogP contribution in [0.2, 0.25) is 0 Å². The van der Waals surface area contributed by atoms with Crippen LogP contribution in [-0.2, 0) is 0 Å². The molecule has 2 heterocycles. The van der Waals surface area contributed by atoms with Gasteiger partial charge in [-0.2, -0.15) is 0 Å². The third kappa shape index (κ3) is 4.34. The van der Waals surface area contributed by atoms with E-state index in [-0.39, 0.29) is 22.2 Å². The molecule has 0 unspecified atom stereocenters. The molecule has 4 heteroatoms. The number of hydrogen-bond acceptors (Lipinski definition) is 4. The Kier molecular flexibility index (Phi) is 6.14. The Balaban J connectivity index is 1.34. The summed E-state index contributed by atoms with van der Waals surface area (Å²) in [6.45, 7) is 17.6. The lowest BCUT2D eigenvalue weighted by molar-refractivity contribution is 0.310. The van der Waals surface area contributed by atoms with Crippen LogP contribution in [0.1, 0.15) is 66.5 Å². The Morgan fingerprint density at radius 3 is 0.909 bits per heavy atom. The molecule has 0 radical (unpaired) electrons. The van der Waals surface area contributed by atoms with E-state index >= 15 is 0 Å². The van der Waals surface area contributed by atoms with Crippen LogP contribution in [0.25, 0.3) is 43.8 Å². The summed E-state index contributed by atoms with van der Waals surface area (Å²) in [6, 6.07) is 35.5. The largest absolute Gasteiger partial charge is 0.363 e. The van der Waals surface area contributed by atoms with E-state index in [0.717, 1.165) is 22.8 Å². The molecule has 2 aliphatic heterocycles. The van der Waals surface area contributed by atoms with Crippen molar-refractivity contribution in [1.82, 2.24) is 10.6 Å². The second kappa shape index (κ2) is 9.53. The second-order valence-electron chi connectivity index (χ2n) is 14.5. The van der Waals surface area contributed by atoms with Gasteiger partial charge in [-0.1, -0.05) is 97.1 Å². The Bertz CT molecular complexity index is 1790. The topological polar surface area (TPSA) is 48.8 Å². The number of rotatable bonds is 4. The van der Waals surface area contributed by atoms with Crippen molar-refractivity contribution < 1.29 is 0 Å². The molecule has 0 atom stereocenters. The van der Waals surface area contributed by atoms with Crippen molar-refractivity contribution in [2.75, 3.05) is 0 Å². The molecule has 4 nitrogen and oxygen atoms in total. The summed E-state index contributed by atoms with van der Waals surface area (Å²) in [5.41, 5.74) is 6.62. The summed E-state index contributed by atoms with van der Waals surface area (Å²) in [7, 11) is 0. The van der Waals surface area contributed by atoms with E-state index in [1.807, 2.05) is 0 Å². The highest BCUT2D eigenvalue weighted by Gasteiger charge is 2.43. The summed E-state index contributed by atoms with van der Waals surface area (Å²) >= 11 is 0. The average molecular weight is 579 g/mol. The van der Waals surface area contributed by atoms with Crippen LogP contribution in [0.5, 0.6) is 0 Å². The molecule has 0 saturated heterocycles. The van der Waals surface area contributed by atoms with Gasteiger partial charge in [0.05, 0.1) is 22.2 Å². The molecule has 44 heavy (non-hydrogen) atoms. The lowest BCUT2D eigenvalue weighted by atomic mass is 9.85. The van der Waals surface area contributed by atoms with Gasteiger partial charge in [0.15, 0.2) is 0 Å². The first-order chi connectivity index (χ1) is 20.8. The maximum atomic E-state index is 5.03. The molecule has 2 N–H and O–H groups in total. The summed E-state index contributed by atoms with van der Waals surface area (Å²) in [6.07, 6.45) is 0. The van der Waals surface area contributed by atoms with Crippen molar-refractivity contribution in [2.45, 2.75) is 77.5 Å². The van der Waals surface area contributed by atoms with Gasteiger partial charge in [-0.15, -0.1) is 0 Å². The summed E-state index contributed by atoms with van der Waals surface area (Å²) < 4.78 is 0. The lowest BCUT2D eigenvalue weighted by Crippen LogP contribution is -2.50. The molecule has 0 saturated carbocycles. The maximum Gasteiger partial charge on any atom is 0.129 e. The van der Waals surface area contributed by atoms with Crippen LogP contribution in [0.4, 0.5) is 0 Å². The molecular weight excluding hydrogens is 536 g/mol. The van der Waals surface area contributed by atoms with E-state index < -0.39 is 0 Å². The molecule has 0 aromatic heterocycles. The number of fused-ring (bicyclic) bond motifs is 2. The van der Waals surface area contributed by atoms with Crippen molar-refractivity contribution >= 4 is 33.2 Å². The minimum Gasteiger partial charge on any atom is -0.363 e. The predicted molar refractivity (Wildman–Crippen MR) is 188 cm³/mol. The number of amidine groups is 2. The molecule has 0 aliphatic carbocycles. The van der Waals surface area contributed by atoms with Gasteiger partial charge in [0.1, 0.15) is 11.7 Å². The monoisotopic (exact) mass is 578 g/mol. The molecule has 0 fully saturated rings. The molecule has 5 aromatic rings. The van der Waals surface area contributed by atoms with E-state index in [1.54, 1.807) is 0 Å². The van der Waals surface area contributed by atoms with Crippen molar-refractivity contribution in [3.05, 3.63) is 108 Å². The van der Waals surface area contributed by atoms with Gasteiger partial charge in [0, 0.05) is 11.1 Å². The summed E-state index contributed by atoms with van der Waals surface area (Å²) in [5, 5.41) is 12.3. The minimum absolute atomic E-state index is 0.101. The normalized spacial score (nSPS) is 19.4. The van der Waals surface area contributed by atoms with Gasteiger partial charge in [0.25, 0.3) is 0 Å². The van der Waals surface area contributed by atoms with Crippen LogP contribution in [-0.4, -0.2) is 33.8 Å². The van der Waals surface area contributed by atoms with Crippen molar-refractivity contribution in [2.24, 2.45) is 9.98 Å². The third-order valence-electron chi connectivity index (χ3n) is 10.5. The zero-order valence-corrected chi connectivity index (χ0v) is 27.1. The molecule has 7 rings (SSSR count). The molecule has 0 amide bonds. The van der Waals surface area contributed by atoms with E-state index in [2.05, 4.69) is 163 Å². The Morgan fingerprint density at radius 2 is 0.659 bits per heavy atom. The first kappa shape index (κ1) is 28.3. The number of aliphatic imine (C=N–C) groups is 2. The summed E-state index contributed by atoms with van der Waals surface area (Å²) in [5.74, 6) is 1.93. The van der Waals surface area contributed by atoms with Crippen LogP contribution in [0.15, 0.2) is 107 Å². The Labute approximate surface area is 261 Å². The Morgan fingerprint density at radius 1 is 0.386 bits per heavy atom. The fourth-order valence-corrected chi connectivity index (χ4v) is 6.41. The zero-order chi connectivity index (χ0) is 31.1. The van der Waals surface area contributed by atoms with Gasteiger partial charge in [0.2, 0.25) is 0 Å². The molecule has 2 aliphatic rings. The van der Waals surface area contributed by atoms with Crippen LogP contribution in [0, 0.1) is 0 Å². The van der Waals surface area contributed by atoms with E-state index in [4.69, 9.17) is 9.98 Å². The highest BCUT2D eigenvalue weighted by molar-refractivity contribution is 6.21. The zero-order valence-electron chi connectivity index (χ0n) is 27.1. The fraction of sp³-hybridized carbons (Fsp3) is 0.300. The van der Waals surface area contributed by atoms with Crippen molar-refractivity contribution in [1.29, 1.82) is 0 Å². The van der Waals surface area contributed by atoms with Crippen LogP contribution < -0.4 is 10.6 Å². The van der Waals surface area contributed by atoms with E-state index in [1.165, 1.54) is 43.8 Å². The number of nitrogens with zero attached hydrogens (tertiary/aromatic N) is 2. The maximum absolute atomic E-state index is 5.03. The SMILES string of the molecule is CC1(C)N=C(c2ccc(-c3c4ccccc4c(-c4ccc(C5=NC(C)(C)C(C)(C)N5)cc4)c4ccccc34)cc2)NC1(C)C. The number of nitrogens with one attached hydrogen (secondary N) is 2. The first-order valence-electron chi connectivity index (χ1n) is 15.7. The van der Waals surface area contributed by atoms with Gasteiger partial charge in [-0.25, -0.2) is 0 Å². The quantitative estimate of drug-likeness (QED) is 0.209. The molecule has 0 spiro atoms. The Hall–Kier alpha value is -4.44. The van der Waals surface area contributed by atoms with Crippen molar-refractivity contribution in [3.63, 3.8) is 0 Å². The fourth-order valence-electron chi connectivity index (χ4n) is 6.41. The second-order valence-corrected chi connectivity index (χ2v) is 14.5. The summed E-state index contributed by atoms with van der Waals surface area (Å²) in [4.78, 5) is 10.1. The van der Waals surface area contributed by atoms with Gasteiger partial charge in [-0.05, 0) is 99.2 Å². The molecule has 222 valence electrons. The third-order valence-corrected chi connectivity index (χ3v) is 10.5. The number of benzene rings is 5. The van der Waals surface area contributed by atoms with E-state index in [0.29, 0.717) is 0 Å². The lowest BCUT2D eigenvalue weighted by Gasteiger charge is -2.32. The van der Waals surface area contributed by atoms with Gasteiger partial charge in [-0.3, -0.25) is 9.98 Å². The first-order valence-corrected chi connectivity index (χ1v) is 15.7. The minimum atomic E-state index is -0.171.